The van der Waals surface area contributed by atoms with Gasteiger partial charge in [-0.1, -0.05) is 59.9 Å². The maximum absolute atomic E-state index is 13.7. The van der Waals surface area contributed by atoms with E-state index in [-0.39, 0.29) is 10.6 Å². The molecule has 1 atom stereocenters. The molecule has 0 fully saturated rings. The molecule has 2 aromatic rings. The van der Waals surface area contributed by atoms with Crippen LogP contribution in [0.2, 0.25) is 0 Å². The van der Waals surface area contributed by atoms with Crippen LogP contribution < -0.4 is 0 Å². The second-order valence-electron chi connectivity index (χ2n) is 3.96. The molecule has 0 saturated carbocycles. The first-order chi connectivity index (χ1) is 8.56. The van der Waals surface area contributed by atoms with E-state index in [1.807, 2.05) is 30.3 Å². The van der Waals surface area contributed by atoms with Crippen LogP contribution in [0.15, 0.2) is 51.4 Å². The molecule has 0 nitrogen and oxygen atoms in total. The first-order valence-corrected chi connectivity index (χ1v) is 7.90. The van der Waals surface area contributed by atoms with Gasteiger partial charge in [0.2, 0.25) is 0 Å². The lowest BCUT2D eigenvalue weighted by Crippen LogP contribution is -1.98. The van der Waals surface area contributed by atoms with Crippen molar-refractivity contribution in [2.75, 3.05) is 0 Å². The van der Waals surface area contributed by atoms with E-state index in [4.69, 9.17) is 0 Å². The zero-order valence-corrected chi connectivity index (χ0v) is 14.1. The standard InChI is InChI=1S/C14H10Br3F/c15-10-3-1-9(2-4-10)7-13(17)12-8-11(16)5-6-14(12)18/h1-6,8,13H,7H2. The highest BCUT2D eigenvalue weighted by atomic mass is 79.9. The molecule has 1 unspecified atom stereocenters. The van der Waals surface area contributed by atoms with E-state index in [1.165, 1.54) is 11.6 Å². The summed E-state index contributed by atoms with van der Waals surface area (Å²) in [6.45, 7) is 0. The van der Waals surface area contributed by atoms with E-state index >= 15 is 0 Å². The minimum atomic E-state index is -0.183. The van der Waals surface area contributed by atoms with Gasteiger partial charge >= 0.3 is 0 Å². The van der Waals surface area contributed by atoms with E-state index in [9.17, 15) is 4.39 Å². The number of halogens is 4. The summed E-state index contributed by atoms with van der Waals surface area (Å²) in [7, 11) is 0. The molecule has 2 aromatic carbocycles. The second kappa shape index (κ2) is 6.31. The van der Waals surface area contributed by atoms with Gasteiger partial charge in [-0.15, -0.1) is 0 Å². The normalized spacial score (nSPS) is 12.4. The van der Waals surface area contributed by atoms with Crippen molar-refractivity contribution in [3.8, 4) is 0 Å². The molecule has 0 radical (unpaired) electrons. The predicted octanol–water partition coefficient (Wildman–Crippen LogP) is 6.03. The lowest BCUT2D eigenvalue weighted by Gasteiger charge is -2.12. The maximum atomic E-state index is 13.7. The van der Waals surface area contributed by atoms with E-state index in [0.717, 1.165) is 15.4 Å². The molecule has 0 aliphatic heterocycles. The first kappa shape index (κ1) is 14.2. The summed E-state index contributed by atoms with van der Waals surface area (Å²) in [5.41, 5.74) is 1.84. The Morgan fingerprint density at radius 2 is 1.56 bits per heavy atom. The van der Waals surface area contributed by atoms with Gasteiger partial charge in [-0.3, -0.25) is 0 Å². The Morgan fingerprint density at radius 1 is 0.944 bits per heavy atom. The number of hydrogen-bond acceptors (Lipinski definition) is 0. The number of alkyl halides is 1. The minimum Gasteiger partial charge on any atom is -0.207 e. The number of rotatable bonds is 3. The van der Waals surface area contributed by atoms with Crippen LogP contribution in [0.5, 0.6) is 0 Å². The monoisotopic (exact) mass is 434 g/mol. The molecule has 0 N–H and O–H groups in total. The smallest absolute Gasteiger partial charge is 0.127 e. The van der Waals surface area contributed by atoms with Crippen molar-refractivity contribution in [2.45, 2.75) is 11.2 Å². The third-order valence-electron chi connectivity index (χ3n) is 2.62. The minimum absolute atomic E-state index is 0.0313. The van der Waals surface area contributed by atoms with Gasteiger partial charge in [-0.05, 0) is 42.3 Å². The lowest BCUT2D eigenvalue weighted by molar-refractivity contribution is 0.607. The highest BCUT2D eigenvalue weighted by Crippen LogP contribution is 2.31. The molecule has 2 rings (SSSR count). The Labute approximate surface area is 131 Å². The van der Waals surface area contributed by atoms with Crippen molar-refractivity contribution in [3.63, 3.8) is 0 Å². The summed E-state index contributed by atoms with van der Waals surface area (Å²) < 4.78 is 15.7. The SMILES string of the molecule is Fc1ccc(Br)cc1C(Br)Cc1ccc(Br)cc1. The number of hydrogen-bond donors (Lipinski definition) is 0. The molecule has 94 valence electrons. The van der Waals surface area contributed by atoms with Crippen LogP contribution >= 0.6 is 47.8 Å². The van der Waals surface area contributed by atoms with Gasteiger partial charge in [-0.2, -0.15) is 0 Å². The maximum Gasteiger partial charge on any atom is 0.127 e. The summed E-state index contributed by atoms with van der Waals surface area (Å²) in [6, 6.07) is 13.1. The molecule has 0 aliphatic carbocycles. The van der Waals surface area contributed by atoms with Gasteiger partial charge in [0.1, 0.15) is 5.82 Å². The second-order valence-corrected chi connectivity index (χ2v) is 6.90. The zero-order chi connectivity index (χ0) is 13.1. The third kappa shape index (κ3) is 3.65. The van der Waals surface area contributed by atoms with Crippen LogP contribution in [0.3, 0.4) is 0 Å². The van der Waals surface area contributed by atoms with Crippen LogP contribution in [-0.2, 0) is 6.42 Å². The fourth-order valence-electron chi connectivity index (χ4n) is 1.69. The summed E-state index contributed by atoms with van der Waals surface area (Å²) in [5.74, 6) is -0.183. The van der Waals surface area contributed by atoms with Crippen molar-refractivity contribution in [1.29, 1.82) is 0 Å². The third-order valence-corrected chi connectivity index (χ3v) is 4.46. The molecule has 0 spiro atoms. The first-order valence-electron chi connectivity index (χ1n) is 5.40. The van der Waals surface area contributed by atoms with Crippen molar-refractivity contribution in [3.05, 3.63) is 68.4 Å². The van der Waals surface area contributed by atoms with Crippen LogP contribution in [-0.4, -0.2) is 0 Å². The highest BCUT2D eigenvalue weighted by Gasteiger charge is 2.13. The summed E-state index contributed by atoms with van der Waals surface area (Å²) in [6.07, 6.45) is 0.751. The molecule has 0 aromatic heterocycles. The summed E-state index contributed by atoms with van der Waals surface area (Å²) in [4.78, 5) is -0.0313. The average molecular weight is 437 g/mol. The molecule has 0 aliphatic rings. The molecular weight excluding hydrogens is 427 g/mol. The van der Waals surface area contributed by atoms with Crippen LogP contribution in [0.25, 0.3) is 0 Å². The largest absolute Gasteiger partial charge is 0.207 e. The average Bonchev–Trinajstić information content (AvgIpc) is 2.35. The topological polar surface area (TPSA) is 0 Å². The van der Waals surface area contributed by atoms with Crippen molar-refractivity contribution < 1.29 is 4.39 Å². The van der Waals surface area contributed by atoms with Crippen LogP contribution in [0.1, 0.15) is 16.0 Å². The van der Waals surface area contributed by atoms with Crippen molar-refractivity contribution >= 4 is 47.8 Å². The fourth-order valence-corrected chi connectivity index (χ4v) is 3.06. The van der Waals surface area contributed by atoms with Gasteiger partial charge < -0.3 is 0 Å². The molecule has 0 heterocycles. The Bertz CT molecular complexity index is 537. The summed E-state index contributed by atoms with van der Waals surface area (Å²) in [5, 5.41) is 0. The van der Waals surface area contributed by atoms with Crippen molar-refractivity contribution in [2.24, 2.45) is 0 Å². The molecule has 4 heteroatoms. The molecule has 0 saturated heterocycles. The predicted molar refractivity (Wildman–Crippen MR) is 83.6 cm³/mol. The summed E-state index contributed by atoms with van der Waals surface area (Å²) >= 11 is 10.3. The Balaban J connectivity index is 2.18. The van der Waals surface area contributed by atoms with Gasteiger partial charge in [-0.25, -0.2) is 4.39 Å². The van der Waals surface area contributed by atoms with Crippen LogP contribution in [0, 0.1) is 5.82 Å². The van der Waals surface area contributed by atoms with Gasteiger partial charge in [0.15, 0.2) is 0 Å². The van der Waals surface area contributed by atoms with Gasteiger partial charge in [0.05, 0.1) is 0 Å². The fraction of sp³-hybridized carbons (Fsp3) is 0.143. The van der Waals surface area contributed by atoms with E-state index < -0.39 is 0 Å². The van der Waals surface area contributed by atoms with E-state index in [2.05, 4.69) is 47.8 Å². The Hall–Kier alpha value is -0.190. The Morgan fingerprint density at radius 3 is 2.22 bits per heavy atom. The van der Waals surface area contributed by atoms with Crippen LogP contribution in [0.4, 0.5) is 4.39 Å². The van der Waals surface area contributed by atoms with Gasteiger partial charge in [0, 0.05) is 19.3 Å². The zero-order valence-electron chi connectivity index (χ0n) is 9.34. The molecule has 0 amide bonds. The lowest BCUT2D eigenvalue weighted by atomic mass is 10.0. The number of benzene rings is 2. The van der Waals surface area contributed by atoms with Gasteiger partial charge in [0.25, 0.3) is 0 Å². The Kier molecular flexibility index (Phi) is 4.98. The molecule has 0 bridgehead atoms. The quantitative estimate of drug-likeness (QED) is 0.515. The molecular formula is C14H10Br3F. The highest BCUT2D eigenvalue weighted by molar-refractivity contribution is 9.10. The molecule has 18 heavy (non-hydrogen) atoms. The van der Waals surface area contributed by atoms with Crippen molar-refractivity contribution in [1.82, 2.24) is 0 Å². The van der Waals surface area contributed by atoms with E-state index in [1.54, 1.807) is 6.07 Å². The van der Waals surface area contributed by atoms with E-state index in [0.29, 0.717) is 5.56 Å².